The van der Waals surface area contributed by atoms with Crippen molar-refractivity contribution in [1.82, 2.24) is 0 Å². The van der Waals surface area contributed by atoms with E-state index in [0.29, 0.717) is 23.9 Å². The first-order chi connectivity index (χ1) is 15.9. The molecule has 0 N–H and O–H groups in total. The van der Waals surface area contributed by atoms with Crippen molar-refractivity contribution in [3.63, 3.8) is 0 Å². The van der Waals surface area contributed by atoms with Crippen LogP contribution in [0.25, 0.3) is 0 Å². The number of nitrogens with zero attached hydrogens (tertiary/aromatic N) is 2. The third kappa shape index (κ3) is 2.47. The Morgan fingerprint density at radius 2 is 1.16 bits per heavy atom. The SMILES string of the molecule is C1=CC2c3ccccc3N(C3=CC4c5ccccc5N(c5ccccc5)C4C=C3)C2C=C1. The molecule has 2 aliphatic carbocycles. The highest BCUT2D eigenvalue weighted by molar-refractivity contribution is 5.77. The van der Waals surface area contributed by atoms with Crippen molar-refractivity contribution < 1.29 is 0 Å². The zero-order chi connectivity index (χ0) is 21.1. The zero-order valence-electron chi connectivity index (χ0n) is 17.8. The Morgan fingerprint density at radius 3 is 1.97 bits per heavy atom. The van der Waals surface area contributed by atoms with Crippen LogP contribution < -0.4 is 9.80 Å². The van der Waals surface area contributed by atoms with Crippen LogP contribution in [0.1, 0.15) is 23.0 Å². The third-order valence-corrected chi connectivity index (χ3v) is 7.31. The van der Waals surface area contributed by atoms with E-state index < -0.39 is 0 Å². The van der Waals surface area contributed by atoms with E-state index in [9.17, 15) is 0 Å². The Balaban J connectivity index is 1.34. The number of para-hydroxylation sites is 3. The molecule has 7 rings (SSSR count). The van der Waals surface area contributed by atoms with E-state index in [0.717, 1.165) is 0 Å². The normalized spacial score (nSPS) is 26.4. The quantitative estimate of drug-likeness (QED) is 0.454. The standard InChI is InChI=1S/C30H24N2/c1-2-10-21(11-3-1)31-29-17-9-6-14-25(29)26-20-22(18-19-30(26)31)32-27-15-7-4-12-23(27)24-13-5-8-16-28(24)32/h1-20,23,26-27,30H. The van der Waals surface area contributed by atoms with Gasteiger partial charge in [0.2, 0.25) is 0 Å². The van der Waals surface area contributed by atoms with Crippen molar-refractivity contribution in [2.24, 2.45) is 0 Å². The average molecular weight is 413 g/mol. The van der Waals surface area contributed by atoms with Crippen molar-refractivity contribution >= 4 is 17.1 Å². The fraction of sp³-hybridized carbons (Fsp3) is 0.133. The van der Waals surface area contributed by atoms with Crippen molar-refractivity contribution in [3.05, 3.63) is 138 Å². The Labute approximate surface area is 189 Å². The van der Waals surface area contributed by atoms with E-state index in [2.05, 4.69) is 131 Å². The minimum absolute atomic E-state index is 0.300. The molecular weight excluding hydrogens is 388 g/mol. The second kappa shape index (κ2) is 6.86. The van der Waals surface area contributed by atoms with Crippen LogP contribution in [0, 0.1) is 0 Å². The molecule has 2 nitrogen and oxygen atoms in total. The molecule has 4 atom stereocenters. The molecule has 3 aromatic carbocycles. The van der Waals surface area contributed by atoms with Gasteiger partial charge in [-0.15, -0.1) is 0 Å². The van der Waals surface area contributed by atoms with E-state index in [1.165, 1.54) is 33.9 Å². The fourth-order valence-electron chi connectivity index (χ4n) is 5.98. The fourth-order valence-corrected chi connectivity index (χ4v) is 5.98. The summed E-state index contributed by atoms with van der Waals surface area (Å²) in [7, 11) is 0. The van der Waals surface area contributed by atoms with Crippen LogP contribution in [-0.4, -0.2) is 12.1 Å². The Morgan fingerprint density at radius 1 is 0.531 bits per heavy atom. The second-order valence-electron chi connectivity index (χ2n) is 8.95. The number of allylic oxidation sites excluding steroid dienone is 3. The van der Waals surface area contributed by atoms with Gasteiger partial charge in [-0.25, -0.2) is 0 Å². The molecule has 0 saturated heterocycles. The molecule has 0 radical (unpaired) electrons. The highest BCUT2D eigenvalue weighted by atomic mass is 15.2. The first-order valence-corrected chi connectivity index (χ1v) is 11.5. The number of anilines is 3. The van der Waals surface area contributed by atoms with Crippen LogP contribution in [0.4, 0.5) is 17.1 Å². The lowest BCUT2D eigenvalue weighted by Crippen LogP contribution is -2.35. The molecule has 4 aliphatic rings. The number of hydrogen-bond acceptors (Lipinski definition) is 2. The van der Waals surface area contributed by atoms with Crippen LogP contribution in [0.15, 0.2) is 127 Å². The van der Waals surface area contributed by atoms with Gasteiger partial charge in [-0.2, -0.15) is 0 Å². The highest BCUT2D eigenvalue weighted by Gasteiger charge is 2.42. The highest BCUT2D eigenvalue weighted by Crippen LogP contribution is 2.51. The van der Waals surface area contributed by atoms with Crippen LogP contribution in [0.2, 0.25) is 0 Å². The summed E-state index contributed by atoms with van der Waals surface area (Å²) >= 11 is 0. The Bertz CT molecular complexity index is 1310. The van der Waals surface area contributed by atoms with Gasteiger partial charge < -0.3 is 9.80 Å². The van der Waals surface area contributed by atoms with E-state index in [-0.39, 0.29) is 0 Å². The molecule has 0 fully saturated rings. The number of rotatable bonds is 2. The molecule has 154 valence electrons. The molecule has 0 amide bonds. The van der Waals surface area contributed by atoms with Gasteiger partial charge in [-0.05, 0) is 41.5 Å². The van der Waals surface area contributed by atoms with Crippen molar-refractivity contribution in [2.45, 2.75) is 23.9 Å². The summed E-state index contributed by atoms with van der Waals surface area (Å²) in [5.74, 6) is 0.751. The summed E-state index contributed by atoms with van der Waals surface area (Å²) in [6, 6.07) is 29.2. The number of fused-ring (bicyclic) bond motifs is 6. The summed E-state index contributed by atoms with van der Waals surface area (Å²) in [4.78, 5) is 5.04. The molecule has 32 heavy (non-hydrogen) atoms. The molecule has 4 unspecified atom stereocenters. The molecule has 2 heterocycles. The van der Waals surface area contributed by atoms with Crippen LogP contribution >= 0.6 is 0 Å². The maximum Gasteiger partial charge on any atom is 0.0631 e. The molecule has 0 spiro atoms. The average Bonchev–Trinajstić information content (AvgIpc) is 3.37. The van der Waals surface area contributed by atoms with Crippen molar-refractivity contribution in [2.75, 3.05) is 9.80 Å². The lowest BCUT2D eigenvalue weighted by atomic mass is 9.89. The molecular formula is C30H24N2. The molecule has 0 aromatic heterocycles. The summed E-state index contributed by atoms with van der Waals surface area (Å²) in [5, 5.41) is 0. The topological polar surface area (TPSA) is 6.48 Å². The first kappa shape index (κ1) is 17.9. The van der Waals surface area contributed by atoms with Crippen LogP contribution in [-0.2, 0) is 0 Å². The lowest BCUT2D eigenvalue weighted by Gasteiger charge is -2.34. The van der Waals surface area contributed by atoms with Crippen molar-refractivity contribution in [1.29, 1.82) is 0 Å². The largest absolute Gasteiger partial charge is 0.334 e. The van der Waals surface area contributed by atoms with Gasteiger partial charge in [0.1, 0.15) is 0 Å². The van der Waals surface area contributed by atoms with Crippen molar-refractivity contribution in [3.8, 4) is 0 Å². The van der Waals surface area contributed by atoms with Gasteiger partial charge in [0.25, 0.3) is 0 Å². The lowest BCUT2D eigenvalue weighted by molar-refractivity contribution is 0.699. The van der Waals surface area contributed by atoms with Gasteiger partial charge in [-0.3, -0.25) is 0 Å². The minimum atomic E-state index is 0.300. The Kier molecular flexibility index (Phi) is 3.83. The summed E-state index contributed by atoms with van der Waals surface area (Å²) in [6.45, 7) is 0. The third-order valence-electron chi connectivity index (χ3n) is 7.31. The van der Waals surface area contributed by atoms with Gasteiger partial charge in [0.15, 0.2) is 0 Å². The maximum absolute atomic E-state index is 2.54. The Hall–Kier alpha value is -3.78. The smallest absolute Gasteiger partial charge is 0.0631 e. The van der Waals surface area contributed by atoms with Crippen LogP contribution in [0.3, 0.4) is 0 Å². The molecule has 0 bridgehead atoms. The van der Waals surface area contributed by atoms with Gasteiger partial charge in [0, 0.05) is 34.6 Å². The monoisotopic (exact) mass is 412 g/mol. The van der Waals surface area contributed by atoms with E-state index >= 15 is 0 Å². The van der Waals surface area contributed by atoms with E-state index in [1.807, 2.05) is 0 Å². The molecule has 2 heteroatoms. The zero-order valence-corrected chi connectivity index (χ0v) is 17.8. The van der Waals surface area contributed by atoms with E-state index in [4.69, 9.17) is 0 Å². The molecule has 2 aliphatic heterocycles. The summed E-state index contributed by atoms with van der Waals surface area (Å²) in [6.07, 6.45) is 16.3. The predicted octanol–water partition coefficient (Wildman–Crippen LogP) is 6.84. The molecule has 3 aromatic rings. The minimum Gasteiger partial charge on any atom is -0.334 e. The second-order valence-corrected chi connectivity index (χ2v) is 8.95. The van der Waals surface area contributed by atoms with E-state index in [1.54, 1.807) is 0 Å². The van der Waals surface area contributed by atoms with Gasteiger partial charge in [-0.1, -0.05) is 91.1 Å². The molecule has 0 saturated carbocycles. The number of hydrogen-bond donors (Lipinski definition) is 0. The first-order valence-electron chi connectivity index (χ1n) is 11.5. The van der Waals surface area contributed by atoms with Crippen LogP contribution in [0.5, 0.6) is 0 Å². The number of benzene rings is 3. The predicted molar refractivity (Wildman–Crippen MR) is 133 cm³/mol. The van der Waals surface area contributed by atoms with Gasteiger partial charge in [0.05, 0.1) is 12.1 Å². The summed E-state index contributed by atoms with van der Waals surface area (Å²) < 4.78 is 0. The maximum atomic E-state index is 2.54. The van der Waals surface area contributed by atoms with Gasteiger partial charge >= 0.3 is 0 Å². The summed E-state index contributed by atoms with van der Waals surface area (Å²) in [5.41, 5.74) is 8.03.